The summed E-state index contributed by atoms with van der Waals surface area (Å²) in [5, 5.41) is 12.0. The zero-order valence-electron chi connectivity index (χ0n) is 16.2. The van der Waals surface area contributed by atoms with Crippen molar-refractivity contribution >= 4 is 34.1 Å². The Morgan fingerprint density at radius 3 is 2.81 bits per heavy atom. The summed E-state index contributed by atoms with van der Waals surface area (Å²) in [6.45, 7) is 4.35. The number of anilines is 1. The van der Waals surface area contributed by atoms with Crippen LogP contribution in [-0.4, -0.2) is 16.1 Å². The van der Waals surface area contributed by atoms with Gasteiger partial charge in [-0.05, 0) is 44.1 Å². The third-order valence-corrected chi connectivity index (χ3v) is 7.31. The first kappa shape index (κ1) is 20.3. The Labute approximate surface area is 170 Å². The van der Waals surface area contributed by atoms with Gasteiger partial charge >= 0.3 is 0 Å². The first-order valence-corrected chi connectivity index (χ1v) is 11.8. The van der Waals surface area contributed by atoms with E-state index in [4.69, 9.17) is 0 Å². The molecule has 0 atom stereocenters. The first-order valence-electron chi connectivity index (χ1n) is 9.96. The maximum absolute atomic E-state index is 12.5. The highest BCUT2D eigenvalue weighted by Gasteiger charge is 2.26. The van der Waals surface area contributed by atoms with Gasteiger partial charge in [0, 0.05) is 11.7 Å². The Balaban J connectivity index is 1.44. The molecule has 0 radical (unpaired) electrons. The lowest BCUT2D eigenvalue weighted by molar-refractivity contribution is -0.121. The van der Waals surface area contributed by atoms with Crippen molar-refractivity contribution in [2.45, 2.75) is 68.9 Å². The van der Waals surface area contributed by atoms with Crippen LogP contribution in [0.4, 0.5) is 5.13 Å². The molecule has 2 aromatic rings. The molecule has 0 aliphatic heterocycles. The number of benzene rings is 1. The predicted octanol–water partition coefficient (Wildman–Crippen LogP) is 6.07. The number of thioether (sulfide) groups is 1. The maximum Gasteiger partial charge on any atom is 0.229 e. The minimum absolute atomic E-state index is 0.121. The average Bonchev–Trinajstić information content (AvgIpc) is 3.12. The van der Waals surface area contributed by atoms with E-state index >= 15 is 0 Å². The average molecular weight is 404 g/mol. The molecule has 1 N–H and O–H groups in total. The Morgan fingerprint density at radius 1 is 1.26 bits per heavy atom. The van der Waals surface area contributed by atoms with Crippen LogP contribution < -0.4 is 5.32 Å². The van der Waals surface area contributed by atoms with E-state index in [1.54, 1.807) is 11.8 Å². The number of carbonyl (C=O) groups is 1. The van der Waals surface area contributed by atoms with E-state index in [0.717, 1.165) is 28.9 Å². The maximum atomic E-state index is 12.5. The lowest BCUT2D eigenvalue weighted by atomic mass is 9.79. The van der Waals surface area contributed by atoms with Crippen molar-refractivity contribution in [1.29, 1.82) is 0 Å². The summed E-state index contributed by atoms with van der Waals surface area (Å²) < 4.78 is 0.898. The van der Waals surface area contributed by atoms with Crippen LogP contribution in [0, 0.1) is 18.8 Å². The summed E-state index contributed by atoms with van der Waals surface area (Å²) in [5.41, 5.74) is 2.54. The predicted molar refractivity (Wildman–Crippen MR) is 114 cm³/mol. The highest BCUT2D eigenvalue weighted by Crippen LogP contribution is 2.33. The Morgan fingerprint density at radius 2 is 2.07 bits per heavy atom. The number of amides is 1. The molecular weight excluding hydrogens is 374 g/mol. The van der Waals surface area contributed by atoms with Crippen LogP contribution in [0.2, 0.25) is 0 Å². The molecule has 146 valence electrons. The van der Waals surface area contributed by atoms with Gasteiger partial charge in [-0.1, -0.05) is 79.1 Å². The van der Waals surface area contributed by atoms with Crippen LogP contribution >= 0.6 is 23.1 Å². The van der Waals surface area contributed by atoms with Crippen molar-refractivity contribution in [2.75, 3.05) is 5.32 Å². The number of carbonyl (C=O) groups excluding carboxylic acids is 1. The van der Waals surface area contributed by atoms with E-state index in [1.807, 2.05) is 0 Å². The third kappa shape index (κ3) is 6.32. The molecule has 1 saturated carbocycles. The summed E-state index contributed by atoms with van der Waals surface area (Å²) >= 11 is 3.14. The third-order valence-electron chi connectivity index (χ3n) is 5.26. The van der Waals surface area contributed by atoms with Crippen LogP contribution in [0.5, 0.6) is 0 Å². The molecule has 1 aliphatic rings. The lowest BCUT2D eigenvalue weighted by Crippen LogP contribution is -2.27. The van der Waals surface area contributed by atoms with Gasteiger partial charge in [0.05, 0.1) is 0 Å². The van der Waals surface area contributed by atoms with Gasteiger partial charge in [0.1, 0.15) is 0 Å². The lowest BCUT2D eigenvalue weighted by Gasteiger charge is -2.27. The highest BCUT2D eigenvalue weighted by atomic mass is 32.2. The number of rotatable bonds is 8. The number of unbranched alkanes of at least 4 members (excludes halogenated alkanes) is 1. The zero-order valence-corrected chi connectivity index (χ0v) is 17.9. The van der Waals surface area contributed by atoms with E-state index in [2.05, 4.69) is 53.6 Å². The normalized spacial score (nSPS) is 19.8. The van der Waals surface area contributed by atoms with E-state index < -0.39 is 0 Å². The molecule has 0 spiro atoms. The number of nitrogens with zero attached hydrogens (tertiary/aromatic N) is 2. The van der Waals surface area contributed by atoms with Gasteiger partial charge in [-0.25, -0.2) is 0 Å². The van der Waals surface area contributed by atoms with Gasteiger partial charge in [0.15, 0.2) is 4.34 Å². The minimum atomic E-state index is 0.121. The van der Waals surface area contributed by atoms with Gasteiger partial charge in [0.2, 0.25) is 11.0 Å². The van der Waals surface area contributed by atoms with Gasteiger partial charge in [-0.2, -0.15) is 0 Å². The Hall–Kier alpha value is -1.40. The number of nitrogens with one attached hydrogen (secondary N) is 1. The molecule has 27 heavy (non-hydrogen) atoms. The molecule has 1 amide bonds. The van der Waals surface area contributed by atoms with Crippen LogP contribution in [0.25, 0.3) is 0 Å². The molecule has 4 nitrogen and oxygen atoms in total. The largest absolute Gasteiger partial charge is 0.300 e. The molecule has 1 aromatic heterocycles. The molecule has 0 bridgehead atoms. The standard InChI is InChI=1S/C21H29N3OS2/c1-3-4-7-16-9-11-18(12-10-16)19(25)22-20-23-24-21(27-20)26-14-17-8-5-6-15(2)13-17/h5-6,8,13,16,18H,3-4,7,9-12,14H2,1-2H3,(H,22,23,25). The van der Waals surface area contributed by atoms with Crippen molar-refractivity contribution < 1.29 is 4.79 Å². The van der Waals surface area contributed by atoms with Gasteiger partial charge in [-0.15, -0.1) is 10.2 Å². The zero-order chi connectivity index (χ0) is 19.1. The number of hydrogen-bond acceptors (Lipinski definition) is 5. The minimum Gasteiger partial charge on any atom is -0.300 e. The summed E-state index contributed by atoms with van der Waals surface area (Å²) in [5.74, 6) is 1.94. The van der Waals surface area contributed by atoms with Crippen LogP contribution in [0.3, 0.4) is 0 Å². The highest BCUT2D eigenvalue weighted by molar-refractivity contribution is 8.00. The van der Waals surface area contributed by atoms with Crippen LogP contribution in [0.1, 0.15) is 63.0 Å². The van der Waals surface area contributed by atoms with Crippen LogP contribution in [0.15, 0.2) is 28.6 Å². The fourth-order valence-electron chi connectivity index (χ4n) is 3.68. The van der Waals surface area contributed by atoms with Gasteiger partial charge in [0.25, 0.3) is 0 Å². The van der Waals surface area contributed by atoms with E-state index in [-0.39, 0.29) is 11.8 Å². The fourth-order valence-corrected chi connectivity index (χ4v) is 5.38. The van der Waals surface area contributed by atoms with E-state index in [1.165, 1.54) is 54.6 Å². The molecule has 1 heterocycles. The molecule has 0 unspecified atom stereocenters. The summed E-state index contributed by atoms with van der Waals surface area (Å²) in [7, 11) is 0. The van der Waals surface area contributed by atoms with Crippen molar-refractivity contribution in [2.24, 2.45) is 11.8 Å². The number of aryl methyl sites for hydroxylation is 1. The summed E-state index contributed by atoms with van der Waals surface area (Å²) in [4.78, 5) is 12.5. The number of aromatic nitrogens is 2. The first-order chi connectivity index (χ1) is 13.1. The molecule has 1 fully saturated rings. The Kier molecular flexibility index (Phi) is 7.70. The van der Waals surface area contributed by atoms with Crippen molar-refractivity contribution in [3.8, 4) is 0 Å². The van der Waals surface area contributed by atoms with Crippen molar-refractivity contribution in [3.63, 3.8) is 0 Å². The van der Waals surface area contributed by atoms with E-state index in [0.29, 0.717) is 5.13 Å². The quantitative estimate of drug-likeness (QED) is 0.429. The smallest absolute Gasteiger partial charge is 0.229 e. The number of hydrogen-bond donors (Lipinski definition) is 1. The second kappa shape index (κ2) is 10.2. The van der Waals surface area contributed by atoms with Crippen LogP contribution in [-0.2, 0) is 10.5 Å². The topological polar surface area (TPSA) is 54.9 Å². The monoisotopic (exact) mass is 403 g/mol. The van der Waals surface area contributed by atoms with Gasteiger partial charge in [-0.3, -0.25) is 4.79 Å². The Bertz CT molecular complexity index is 739. The van der Waals surface area contributed by atoms with E-state index in [9.17, 15) is 4.79 Å². The fraction of sp³-hybridized carbons (Fsp3) is 0.571. The molecule has 3 rings (SSSR count). The molecule has 1 aliphatic carbocycles. The molecule has 6 heteroatoms. The molecule has 1 aromatic carbocycles. The molecular formula is C21H29N3OS2. The second-order valence-electron chi connectivity index (χ2n) is 7.50. The van der Waals surface area contributed by atoms with Crippen molar-refractivity contribution in [3.05, 3.63) is 35.4 Å². The van der Waals surface area contributed by atoms with Gasteiger partial charge < -0.3 is 5.32 Å². The van der Waals surface area contributed by atoms with Crippen molar-refractivity contribution in [1.82, 2.24) is 10.2 Å². The summed E-state index contributed by atoms with van der Waals surface area (Å²) in [6, 6.07) is 8.49. The molecule has 0 saturated heterocycles. The SMILES string of the molecule is CCCCC1CCC(C(=O)Nc2nnc(SCc3cccc(C)c3)s2)CC1. The summed E-state index contributed by atoms with van der Waals surface area (Å²) in [6.07, 6.45) is 8.29. The second-order valence-corrected chi connectivity index (χ2v) is 9.70.